The van der Waals surface area contributed by atoms with E-state index in [4.69, 9.17) is 14.6 Å². The average Bonchev–Trinajstić information content (AvgIpc) is 3.16. The number of anilines is 2. The first kappa shape index (κ1) is 17.9. The molecule has 0 aliphatic carbocycles. The smallest absolute Gasteiger partial charge is 0.245 e. The molecule has 0 aromatic carbocycles. The maximum atomic E-state index is 12.0. The van der Waals surface area contributed by atoms with Crippen molar-refractivity contribution in [3.63, 3.8) is 0 Å². The predicted octanol–water partition coefficient (Wildman–Crippen LogP) is 0.213. The Balaban J connectivity index is 1.53. The van der Waals surface area contributed by atoms with Gasteiger partial charge in [0.1, 0.15) is 0 Å². The summed E-state index contributed by atoms with van der Waals surface area (Å²) in [5, 5.41) is 7.74. The van der Waals surface area contributed by atoms with Crippen molar-refractivity contribution in [2.45, 2.75) is 19.3 Å². The third kappa shape index (κ3) is 3.80. The van der Waals surface area contributed by atoms with Gasteiger partial charge in [0.05, 0.1) is 6.54 Å². The van der Waals surface area contributed by atoms with Crippen molar-refractivity contribution in [2.75, 3.05) is 69.7 Å². The Morgan fingerprint density at radius 1 is 0.889 bits per heavy atom. The summed E-state index contributed by atoms with van der Waals surface area (Å²) in [7, 11) is 3.58. The van der Waals surface area contributed by atoms with Crippen molar-refractivity contribution in [1.82, 2.24) is 30.1 Å². The minimum absolute atomic E-state index is 0.132. The highest BCUT2D eigenvalue weighted by molar-refractivity contribution is 5.78. The number of amides is 1. The van der Waals surface area contributed by atoms with Gasteiger partial charge in [-0.2, -0.15) is 0 Å². The van der Waals surface area contributed by atoms with Crippen molar-refractivity contribution in [3.05, 3.63) is 0 Å². The van der Waals surface area contributed by atoms with Crippen LogP contribution in [-0.4, -0.2) is 95.9 Å². The third-order valence-electron chi connectivity index (χ3n) is 5.26. The summed E-state index contributed by atoms with van der Waals surface area (Å²) >= 11 is 0. The largest absolute Gasteiger partial charge is 0.353 e. The van der Waals surface area contributed by atoms with Gasteiger partial charge >= 0.3 is 0 Å². The highest BCUT2D eigenvalue weighted by atomic mass is 16.6. The highest BCUT2D eigenvalue weighted by Crippen LogP contribution is 2.30. The average molecular weight is 374 g/mol. The highest BCUT2D eigenvalue weighted by Gasteiger charge is 2.27. The molecule has 1 amide bonds. The number of aromatic nitrogens is 4. The standard InChI is InChI=1S/C17H26N8O2/c1-22(2)13(26)12-23-8-10-25(11-9-23)17-16(24-6-4-3-5-7-24)18-14-15(19-17)21-27-20-14/h3-12H2,1-2H3. The van der Waals surface area contributed by atoms with Gasteiger partial charge in [-0.15, -0.1) is 0 Å². The van der Waals surface area contributed by atoms with Gasteiger partial charge in [-0.25, -0.2) is 14.6 Å². The number of carbonyl (C=O) groups excluding carboxylic acids is 1. The topological polar surface area (TPSA) is 94.7 Å². The molecular weight excluding hydrogens is 348 g/mol. The Hall–Kier alpha value is -2.49. The lowest BCUT2D eigenvalue weighted by atomic mass is 10.1. The fraction of sp³-hybridized carbons (Fsp3) is 0.706. The normalized spacial score (nSPS) is 18.9. The Morgan fingerprint density at radius 2 is 1.44 bits per heavy atom. The van der Waals surface area contributed by atoms with Crippen molar-refractivity contribution in [1.29, 1.82) is 0 Å². The van der Waals surface area contributed by atoms with Crippen LogP contribution in [0.4, 0.5) is 11.6 Å². The number of likely N-dealkylation sites (N-methyl/N-ethyl adjacent to an activating group) is 1. The van der Waals surface area contributed by atoms with Gasteiger partial charge in [-0.1, -0.05) is 0 Å². The van der Waals surface area contributed by atoms with Gasteiger partial charge < -0.3 is 14.7 Å². The monoisotopic (exact) mass is 374 g/mol. The molecule has 4 heterocycles. The van der Waals surface area contributed by atoms with Gasteiger partial charge in [0.15, 0.2) is 11.6 Å². The molecule has 0 radical (unpaired) electrons. The summed E-state index contributed by atoms with van der Waals surface area (Å²) in [4.78, 5) is 29.7. The molecule has 10 nitrogen and oxygen atoms in total. The van der Waals surface area contributed by atoms with Crippen molar-refractivity contribution in [2.24, 2.45) is 0 Å². The third-order valence-corrected chi connectivity index (χ3v) is 5.26. The van der Waals surface area contributed by atoms with Crippen molar-refractivity contribution >= 4 is 28.8 Å². The van der Waals surface area contributed by atoms with Crippen LogP contribution in [0.3, 0.4) is 0 Å². The van der Waals surface area contributed by atoms with E-state index in [2.05, 4.69) is 25.0 Å². The second-order valence-electron chi connectivity index (χ2n) is 7.38. The van der Waals surface area contributed by atoms with Crippen LogP contribution < -0.4 is 9.80 Å². The van der Waals surface area contributed by atoms with E-state index in [0.29, 0.717) is 17.8 Å². The van der Waals surface area contributed by atoms with Gasteiger partial charge in [0.2, 0.25) is 17.2 Å². The van der Waals surface area contributed by atoms with E-state index < -0.39 is 0 Å². The minimum atomic E-state index is 0.132. The van der Waals surface area contributed by atoms with Crippen LogP contribution in [-0.2, 0) is 4.79 Å². The summed E-state index contributed by atoms with van der Waals surface area (Å²) in [6, 6.07) is 0. The fourth-order valence-corrected chi connectivity index (χ4v) is 3.60. The molecule has 2 fully saturated rings. The SMILES string of the molecule is CN(C)C(=O)CN1CCN(c2nc3nonc3nc2N2CCCCC2)CC1. The molecule has 2 aliphatic rings. The Morgan fingerprint density at radius 3 is 2.00 bits per heavy atom. The van der Waals surface area contributed by atoms with Crippen LogP contribution in [0.5, 0.6) is 0 Å². The van der Waals surface area contributed by atoms with E-state index in [9.17, 15) is 4.79 Å². The van der Waals surface area contributed by atoms with Crippen LogP contribution in [0.2, 0.25) is 0 Å². The van der Waals surface area contributed by atoms with Gasteiger partial charge in [0, 0.05) is 53.4 Å². The van der Waals surface area contributed by atoms with Crippen LogP contribution in [0.25, 0.3) is 11.3 Å². The number of hydrogen-bond acceptors (Lipinski definition) is 9. The number of piperazine rings is 1. The molecule has 2 aromatic heterocycles. The zero-order chi connectivity index (χ0) is 18.8. The molecule has 2 aliphatic heterocycles. The molecule has 0 bridgehead atoms. The molecule has 0 spiro atoms. The van der Waals surface area contributed by atoms with E-state index in [1.807, 2.05) is 0 Å². The number of fused-ring (bicyclic) bond motifs is 1. The van der Waals surface area contributed by atoms with Gasteiger partial charge in [0.25, 0.3) is 0 Å². The van der Waals surface area contributed by atoms with E-state index >= 15 is 0 Å². The number of carbonyl (C=O) groups is 1. The Bertz CT molecular complexity index is 793. The number of nitrogens with zero attached hydrogens (tertiary/aromatic N) is 8. The maximum absolute atomic E-state index is 12.0. The molecule has 4 rings (SSSR count). The minimum Gasteiger partial charge on any atom is -0.353 e. The number of rotatable bonds is 4. The quantitative estimate of drug-likeness (QED) is 0.744. The summed E-state index contributed by atoms with van der Waals surface area (Å²) < 4.78 is 4.82. The second kappa shape index (κ2) is 7.63. The van der Waals surface area contributed by atoms with Crippen molar-refractivity contribution < 1.29 is 9.42 Å². The molecular formula is C17H26N8O2. The lowest BCUT2D eigenvalue weighted by molar-refractivity contribution is -0.129. The molecule has 27 heavy (non-hydrogen) atoms. The summed E-state index contributed by atoms with van der Waals surface area (Å²) in [6.45, 7) is 5.65. The van der Waals surface area contributed by atoms with Gasteiger partial charge in [-0.05, 0) is 29.6 Å². The molecule has 10 heteroatoms. The lowest BCUT2D eigenvalue weighted by Gasteiger charge is -2.37. The molecule has 0 saturated carbocycles. The molecule has 2 aromatic rings. The molecule has 146 valence electrons. The van der Waals surface area contributed by atoms with E-state index in [0.717, 1.165) is 63.7 Å². The number of hydrogen-bond donors (Lipinski definition) is 0. The Labute approximate surface area is 158 Å². The van der Waals surface area contributed by atoms with Crippen LogP contribution in [0, 0.1) is 0 Å². The molecule has 0 N–H and O–H groups in total. The first-order chi connectivity index (χ1) is 13.1. The van der Waals surface area contributed by atoms with E-state index in [-0.39, 0.29) is 5.91 Å². The number of piperidine rings is 1. The fourth-order valence-electron chi connectivity index (χ4n) is 3.60. The van der Waals surface area contributed by atoms with E-state index in [1.54, 1.807) is 19.0 Å². The Kier molecular flexibility index (Phi) is 5.06. The molecule has 2 saturated heterocycles. The molecule has 0 atom stereocenters. The summed E-state index contributed by atoms with van der Waals surface area (Å²) in [5.74, 6) is 1.85. The zero-order valence-corrected chi connectivity index (χ0v) is 16.0. The van der Waals surface area contributed by atoms with E-state index in [1.165, 1.54) is 6.42 Å². The van der Waals surface area contributed by atoms with Crippen LogP contribution >= 0.6 is 0 Å². The molecule has 0 unspecified atom stereocenters. The second-order valence-corrected chi connectivity index (χ2v) is 7.38. The lowest BCUT2D eigenvalue weighted by Crippen LogP contribution is -2.50. The summed E-state index contributed by atoms with van der Waals surface area (Å²) in [6.07, 6.45) is 3.58. The first-order valence-electron chi connectivity index (χ1n) is 9.54. The first-order valence-corrected chi connectivity index (χ1v) is 9.54. The van der Waals surface area contributed by atoms with Crippen LogP contribution in [0.1, 0.15) is 19.3 Å². The summed E-state index contributed by atoms with van der Waals surface area (Å²) in [5.41, 5.74) is 0.894. The zero-order valence-electron chi connectivity index (χ0n) is 16.0. The van der Waals surface area contributed by atoms with Crippen molar-refractivity contribution in [3.8, 4) is 0 Å². The van der Waals surface area contributed by atoms with Gasteiger partial charge in [-0.3, -0.25) is 9.69 Å². The van der Waals surface area contributed by atoms with Crippen LogP contribution in [0.15, 0.2) is 4.63 Å². The predicted molar refractivity (Wildman–Crippen MR) is 101 cm³/mol. The maximum Gasteiger partial charge on any atom is 0.245 e.